The van der Waals surface area contributed by atoms with Crippen molar-refractivity contribution in [2.45, 2.75) is 38.4 Å². The van der Waals surface area contributed by atoms with Gasteiger partial charge < -0.3 is 15.2 Å². The molecule has 9 heteroatoms. The van der Waals surface area contributed by atoms with E-state index < -0.39 is 11.2 Å². The van der Waals surface area contributed by atoms with Crippen LogP contribution in [0.4, 0.5) is 0 Å². The van der Waals surface area contributed by atoms with E-state index in [2.05, 4.69) is 15.6 Å². The second kappa shape index (κ2) is 6.23. The summed E-state index contributed by atoms with van der Waals surface area (Å²) in [5, 5.41) is 6.34. The Morgan fingerprint density at radius 1 is 1.38 bits per heavy atom. The van der Waals surface area contributed by atoms with Gasteiger partial charge in [0.1, 0.15) is 6.54 Å². The van der Waals surface area contributed by atoms with Crippen LogP contribution in [0.3, 0.4) is 0 Å². The largest absolute Gasteiger partial charge is 0.350 e. The average molecular weight is 334 g/mol. The fourth-order valence-corrected chi connectivity index (χ4v) is 3.17. The monoisotopic (exact) mass is 334 g/mol. The van der Waals surface area contributed by atoms with Crippen LogP contribution >= 0.6 is 0 Å². The van der Waals surface area contributed by atoms with Gasteiger partial charge in [0.15, 0.2) is 11.2 Å². The first kappa shape index (κ1) is 16.4. The lowest BCUT2D eigenvalue weighted by molar-refractivity contribution is -0.122. The maximum Gasteiger partial charge on any atom is 0.332 e. The van der Waals surface area contributed by atoms with Crippen molar-refractivity contribution in [3.63, 3.8) is 0 Å². The van der Waals surface area contributed by atoms with Crippen molar-refractivity contribution in [3.8, 4) is 0 Å². The predicted molar refractivity (Wildman–Crippen MR) is 88.8 cm³/mol. The number of fused-ring (bicyclic) bond motifs is 1. The summed E-state index contributed by atoms with van der Waals surface area (Å²) in [7, 11) is 2.97. The van der Waals surface area contributed by atoms with Gasteiger partial charge in [0, 0.05) is 26.2 Å². The summed E-state index contributed by atoms with van der Waals surface area (Å²) in [6, 6.07) is 0.296. The third-order valence-corrected chi connectivity index (χ3v) is 4.64. The van der Waals surface area contributed by atoms with Gasteiger partial charge in [-0.05, 0) is 26.3 Å². The molecule has 2 unspecified atom stereocenters. The molecule has 2 N–H and O–H groups in total. The lowest BCUT2D eigenvalue weighted by Crippen LogP contribution is -2.52. The molecule has 1 aliphatic heterocycles. The van der Waals surface area contributed by atoms with E-state index in [1.54, 1.807) is 7.05 Å². The highest BCUT2D eigenvalue weighted by Gasteiger charge is 2.23. The fraction of sp³-hybridized carbons (Fsp3) is 0.600. The first-order valence-electron chi connectivity index (χ1n) is 8.03. The van der Waals surface area contributed by atoms with Crippen molar-refractivity contribution in [3.05, 3.63) is 27.2 Å². The van der Waals surface area contributed by atoms with Gasteiger partial charge in [0.25, 0.3) is 5.56 Å². The molecule has 3 heterocycles. The SMILES string of the molecule is CC1NCCCC1NC(=O)Cn1cnc2c1c(=O)n(C)c(=O)n2C. The van der Waals surface area contributed by atoms with Crippen LogP contribution in [0.5, 0.6) is 0 Å². The maximum absolute atomic E-state index is 12.4. The van der Waals surface area contributed by atoms with Gasteiger partial charge in [-0.1, -0.05) is 0 Å². The highest BCUT2D eigenvalue weighted by Crippen LogP contribution is 2.09. The smallest absolute Gasteiger partial charge is 0.332 e. The molecule has 130 valence electrons. The van der Waals surface area contributed by atoms with E-state index >= 15 is 0 Å². The third-order valence-electron chi connectivity index (χ3n) is 4.64. The van der Waals surface area contributed by atoms with Gasteiger partial charge in [0.05, 0.1) is 6.33 Å². The lowest BCUT2D eigenvalue weighted by Gasteiger charge is -2.30. The van der Waals surface area contributed by atoms with E-state index in [1.807, 2.05) is 6.92 Å². The van der Waals surface area contributed by atoms with Crippen LogP contribution in [0.25, 0.3) is 11.2 Å². The zero-order valence-electron chi connectivity index (χ0n) is 14.1. The summed E-state index contributed by atoms with van der Waals surface area (Å²) in [4.78, 5) is 40.7. The normalized spacial score (nSPS) is 21.1. The number of carbonyl (C=O) groups is 1. The topological polar surface area (TPSA) is 103 Å². The van der Waals surface area contributed by atoms with Crippen molar-refractivity contribution < 1.29 is 4.79 Å². The Bertz CT molecular complexity index is 893. The van der Waals surface area contributed by atoms with Gasteiger partial charge in [0.2, 0.25) is 5.91 Å². The van der Waals surface area contributed by atoms with Crippen LogP contribution in [0, 0.1) is 0 Å². The highest BCUT2D eigenvalue weighted by atomic mass is 16.2. The Morgan fingerprint density at radius 2 is 2.12 bits per heavy atom. The molecule has 1 saturated heterocycles. The average Bonchev–Trinajstić information content (AvgIpc) is 2.96. The number of rotatable bonds is 3. The quantitative estimate of drug-likeness (QED) is 0.725. The zero-order chi connectivity index (χ0) is 17.4. The molecule has 24 heavy (non-hydrogen) atoms. The molecule has 0 saturated carbocycles. The minimum Gasteiger partial charge on any atom is -0.350 e. The van der Waals surface area contributed by atoms with Crippen molar-refractivity contribution >= 4 is 17.1 Å². The minimum absolute atomic E-state index is 0.00678. The molecule has 0 radical (unpaired) electrons. The minimum atomic E-state index is -0.453. The van der Waals surface area contributed by atoms with Crippen LogP contribution < -0.4 is 21.9 Å². The molecule has 0 aromatic carbocycles. The molecule has 2 atom stereocenters. The predicted octanol–water partition coefficient (Wildman–Crippen LogP) is -1.31. The molecule has 1 fully saturated rings. The van der Waals surface area contributed by atoms with E-state index in [9.17, 15) is 14.4 Å². The molecule has 2 aromatic heterocycles. The standard InChI is InChI=1S/C15H22N6O3/c1-9-10(5-4-6-16-9)18-11(22)7-21-8-17-13-12(21)14(23)20(3)15(24)19(13)2/h8-10,16H,4-7H2,1-3H3,(H,18,22). The van der Waals surface area contributed by atoms with E-state index in [4.69, 9.17) is 0 Å². The van der Waals surface area contributed by atoms with E-state index in [0.717, 1.165) is 24.0 Å². The molecule has 1 aliphatic rings. The summed E-state index contributed by atoms with van der Waals surface area (Å²) in [6.07, 6.45) is 3.38. The first-order valence-corrected chi connectivity index (χ1v) is 8.03. The summed E-state index contributed by atoms with van der Waals surface area (Å²) < 4.78 is 3.82. The first-order chi connectivity index (χ1) is 11.4. The van der Waals surface area contributed by atoms with Gasteiger partial charge in [-0.2, -0.15) is 0 Å². The summed E-state index contributed by atoms with van der Waals surface area (Å²) >= 11 is 0. The molecular formula is C15H22N6O3. The molecule has 0 bridgehead atoms. The van der Waals surface area contributed by atoms with Crippen molar-refractivity contribution in [1.29, 1.82) is 0 Å². The van der Waals surface area contributed by atoms with Crippen LogP contribution in [0.15, 0.2) is 15.9 Å². The number of aromatic nitrogens is 4. The molecule has 1 amide bonds. The van der Waals surface area contributed by atoms with Crippen LogP contribution in [0.2, 0.25) is 0 Å². The second-order valence-corrected chi connectivity index (χ2v) is 6.31. The van der Waals surface area contributed by atoms with Gasteiger partial charge in [-0.3, -0.25) is 18.7 Å². The van der Waals surface area contributed by atoms with Gasteiger partial charge in [-0.25, -0.2) is 9.78 Å². The van der Waals surface area contributed by atoms with Gasteiger partial charge in [-0.15, -0.1) is 0 Å². The highest BCUT2D eigenvalue weighted by molar-refractivity contribution is 5.79. The number of carbonyl (C=O) groups excluding carboxylic acids is 1. The summed E-state index contributed by atoms with van der Waals surface area (Å²) in [5.41, 5.74) is -0.358. The van der Waals surface area contributed by atoms with Crippen molar-refractivity contribution in [2.24, 2.45) is 14.1 Å². The third kappa shape index (κ3) is 2.75. The number of piperidine rings is 1. The summed E-state index contributed by atoms with van der Waals surface area (Å²) in [5.74, 6) is -0.175. The van der Waals surface area contributed by atoms with Crippen LogP contribution in [-0.4, -0.2) is 43.2 Å². The zero-order valence-corrected chi connectivity index (χ0v) is 14.1. The molecule has 2 aromatic rings. The molecule has 0 spiro atoms. The number of nitrogens with one attached hydrogen (secondary N) is 2. The van der Waals surface area contributed by atoms with Crippen molar-refractivity contribution in [2.75, 3.05) is 6.54 Å². The Labute approximate surface area is 138 Å². The number of amides is 1. The number of imidazole rings is 1. The fourth-order valence-electron chi connectivity index (χ4n) is 3.17. The summed E-state index contributed by atoms with van der Waals surface area (Å²) in [6.45, 7) is 3.00. The van der Waals surface area contributed by atoms with Crippen molar-refractivity contribution in [1.82, 2.24) is 29.3 Å². The van der Waals surface area contributed by atoms with E-state index in [-0.39, 0.29) is 35.7 Å². The molecule has 0 aliphatic carbocycles. The Balaban J connectivity index is 1.87. The second-order valence-electron chi connectivity index (χ2n) is 6.31. The van der Waals surface area contributed by atoms with E-state index in [0.29, 0.717) is 0 Å². The molecule has 9 nitrogen and oxygen atoms in total. The number of nitrogens with zero attached hydrogens (tertiary/aromatic N) is 4. The Kier molecular flexibility index (Phi) is 4.27. The van der Waals surface area contributed by atoms with E-state index in [1.165, 1.54) is 22.5 Å². The number of hydrogen-bond acceptors (Lipinski definition) is 5. The molecular weight excluding hydrogens is 312 g/mol. The maximum atomic E-state index is 12.4. The van der Waals surface area contributed by atoms with Gasteiger partial charge >= 0.3 is 5.69 Å². The Hall–Kier alpha value is -2.42. The van der Waals surface area contributed by atoms with Crippen LogP contribution in [-0.2, 0) is 25.4 Å². The lowest BCUT2D eigenvalue weighted by atomic mass is 10.00. The Morgan fingerprint density at radius 3 is 2.83 bits per heavy atom. The van der Waals surface area contributed by atoms with Crippen LogP contribution in [0.1, 0.15) is 19.8 Å². The molecule has 3 rings (SSSR count). The number of aryl methyl sites for hydroxylation is 1. The number of hydrogen-bond donors (Lipinski definition) is 2.